The molecule has 0 radical (unpaired) electrons. The largest absolute Gasteiger partial charge is 0.323 e. The molecule has 5 rings (SSSR count). The fourth-order valence-corrected chi connectivity index (χ4v) is 4.69. The zero-order chi connectivity index (χ0) is 27.5. The number of fused-ring (bicyclic) bond motifs is 1. The number of carbonyl (C=O) groups excluding carboxylic acids is 3. The summed E-state index contributed by atoms with van der Waals surface area (Å²) >= 11 is 12.6. The number of pyridine rings is 2. The van der Waals surface area contributed by atoms with Crippen LogP contribution in [0.2, 0.25) is 10.0 Å². The van der Waals surface area contributed by atoms with Gasteiger partial charge in [0.25, 0.3) is 11.8 Å². The maximum absolute atomic E-state index is 13.7. The van der Waals surface area contributed by atoms with Crippen LogP contribution in [0.1, 0.15) is 32.0 Å². The molecule has 4 aromatic rings. The van der Waals surface area contributed by atoms with Gasteiger partial charge in [-0.3, -0.25) is 19.4 Å². The number of nitrogens with one attached hydrogen (secondary N) is 2. The number of rotatable bonds is 6. The molecule has 196 valence electrons. The lowest BCUT2D eigenvalue weighted by Gasteiger charge is -2.29. The van der Waals surface area contributed by atoms with Crippen molar-refractivity contribution < 1.29 is 18.8 Å². The Morgan fingerprint density at radius 3 is 2.59 bits per heavy atom. The van der Waals surface area contributed by atoms with Gasteiger partial charge in [-0.25, -0.2) is 9.37 Å². The smallest absolute Gasteiger partial charge is 0.258 e. The number of benzene rings is 2. The minimum atomic E-state index is -0.884. The Hall–Kier alpha value is -4.34. The molecule has 1 aliphatic heterocycles. The summed E-state index contributed by atoms with van der Waals surface area (Å²) in [7, 11) is 0. The van der Waals surface area contributed by atoms with Crippen LogP contribution in [0.25, 0.3) is 0 Å². The van der Waals surface area contributed by atoms with E-state index in [1.807, 2.05) is 6.07 Å². The molecule has 2 N–H and O–H groups in total. The van der Waals surface area contributed by atoms with Crippen LogP contribution in [0.3, 0.4) is 0 Å². The molecule has 1 atom stereocenters. The first-order valence-electron chi connectivity index (χ1n) is 11.8. The minimum absolute atomic E-state index is 0.0347. The number of nitrogens with zero attached hydrogens (tertiary/aromatic N) is 3. The van der Waals surface area contributed by atoms with Crippen molar-refractivity contribution in [2.24, 2.45) is 0 Å². The first kappa shape index (κ1) is 26.3. The second-order valence-electron chi connectivity index (χ2n) is 8.78. The summed E-state index contributed by atoms with van der Waals surface area (Å²) in [6, 6.07) is 16.4. The fourth-order valence-electron chi connectivity index (χ4n) is 4.23. The van der Waals surface area contributed by atoms with E-state index in [0.29, 0.717) is 27.5 Å². The number of aromatic nitrogens is 2. The third-order valence-electron chi connectivity index (χ3n) is 6.14. The van der Waals surface area contributed by atoms with Gasteiger partial charge in [0, 0.05) is 29.9 Å². The average Bonchev–Trinajstić information content (AvgIpc) is 3.00. The van der Waals surface area contributed by atoms with E-state index in [0.717, 1.165) is 6.20 Å². The predicted molar refractivity (Wildman–Crippen MR) is 145 cm³/mol. The number of carbonyl (C=O) groups is 3. The number of halogens is 3. The SMILES string of the molecule is O=C(Nc1ccc(F)cn1)c1ccc(CN2C(=O)c3ccc(Cl)cc3NC(=O)C2Cc2ccccn2)cc1Cl. The predicted octanol–water partition coefficient (Wildman–Crippen LogP) is 5.38. The number of hydrogen-bond acceptors (Lipinski definition) is 5. The molecule has 1 unspecified atom stereocenters. The second kappa shape index (κ2) is 11.2. The van der Waals surface area contributed by atoms with Crippen LogP contribution >= 0.6 is 23.2 Å². The molecule has 8 nitrogen and oxygen atoms in total. The molecule has 11 heteroatoms. The first-order chi connectivity index (χ1) is 18.8. The van der Waals surface area contributed by atoms with E-state index in [9.17, 15) is 18.8 Å². The van der Waals surface area contributed by atoms with Crippen LogP contribution < -0.4 is 10.6 Å². The van der Waals surface area contributed by atoms with Gasteiger partial charge in [-0.1, -0.05) is 35.3 Å². The molecule has 1 aliphatic rings. The van der Waals surface area contributed by atoms with E-state index in [-0.39, 0.29) is 41.2 Å². The Kier molecular flexibility index (Phi) is 7.53. The maximum Gasteiger partial charge on any atom is 0.258 e. The van der Waals surface area contributed by atoms with Crippen LogP contribution in [-0.2, 0) is 17.8 Å². The minimum Gasteiger partial charge on any atom is -0.323 e. The molecule has 2 aromatic heterocycles. The Morgan fingerprint density at radius 1 is 1.03 bits per heavy atom. The van der Waals surface area contributed by atoms with Gasteiger partial charge >= 0.3 is 0 Å². The van der Waals surface area contributed by atoms with E-state index in [2.05, 4.69) is 20.6 Å². The molecule has 39 heavy (non-hydrogen) atoms. The molecule has 0 spiro atoms. The zero-order valence-electron chi connectivity index (χ0n) is 20.2. The van der Waals surface area contributed by atoms with Crippen molar-refractivity contribution in [3.63, 3.8) is 0 Å². The second-order valence-corrected chi connectivity index (χ2v) is 9.63. The normalized spacial score (nSPS) is 14.8. The molecule has 0 fully saturated rings. The molecular formula is C28H20Cl2FN5O3. The zero-order valence-corrected chi connectivity index (χ0v) is 21.7. The summed E-state index contributed by atoms with van der Waals surface area (Å²) in [4.78, 5) is 49.4. The molecule has 3 amide bonds. The summed E-state index contributed by atoms with van der Waals surface area (Å²) < 4.78 is 13.1. The standard InChI is InChI=1S/C28H20Cl2FN5O3/c29-17-5-8-21-23(12-17)34-27(38)24(13-19-3-1-2-10-32-19)36(28(21)39)15-16-4-7-20(22(30)11-16)26(37)35-25-9-6-18(31)14-33-25/h1-12,14,24H,13,15H2,(H,34,38)(H,33,35,37). The van der Waals surface area contributed by atoms with Crippen LogP contribution in [0.5, 0.6) is 0 Å². The van der Waals surface area contributed by atoms with Gasteiger partial charge in [-0.05, 0) is 60.2 Å². The van der Waals surface area contributed by atoms with E-state index in [1.54, 1.807) is 42.6 Å². The highest BCUT2D eigenvalue weighted by molar-refractivity contribution is 6.34. The van der Waals surface area contributed by atoms with Crippen LogP contribution in [0, 0.1) is 5.82 Å². The van der Waals surface area contributed by atoms with Crippen molar-refractivity contribution >= 4 is 52.4 Å². The van der Waals surface area contributed by atoms with Crippen molar-refractivity contribution in [1.29, 1.82) is 0 Å². The van der Waals surface area contributed by atoms with Gasteiger partial charge in [-0.15, -0.1) is 0 Å². The molecule has 0 bridgehead atoms. The molecular weight excluding hydrogens is 544 g/mol. The van der Waals surface area contributed by atoms with Crippen molar-refractivity contribution in [1.82, 2.24) is 14.9 Å². The van der Waals surface area contributed by atoms with E-state index >= 15 is 0 Å². The Morgan fingerprint density at radius 2 is 1.87 bits per heavy atom. The van der Waals surface area contributed by atoms with E-state index < -0.39 is 17.8 Å². The van der Waals surface area contributed by atoms with Gasteiger partial charge in [-0.2, -0.15) is 0 Å². The lowest BCUT2D eigenvalue weighted by molar-refractivity contribution is -0.120. The monoisotopic (exact) mass is 563 g/mol. The van der Waals surface area contributed by atoms with E-state index in [4.69, 9.17) is 23.2 Å². The number of anilines is 2. The van der Waals surface area contributed by atoms with Crippen LogP contribution in [0.15, 0.2) is 79.1 Å². The maximum atomic E-state index is 13.7. The van der Waals surface area contributed by atoms with Crippen molar-refractivity contribution in [3.05, 3.63) is 117 Å². The van der Waals surface area contributed by atoms with Crippen LogP contribution in [-0.4, -0.2) is 38.6 Å². The topological polar surface area (TPSA) is 104 Å². The molecule has 0 saturated carbocycles. The summed E-state index contributed by atoms with van der Waals surface area (Å²) in [5.74, 6) is -1.65. The highest BCUT2D eigenvalue weighted by Crippen LogP contribution is 2.29. The number of hydrogen-bond donors (Lipinski definition) is 2. The summed E-state index contributed by atoms with van der Waals surface area (Å²) in [6.07, 6.45) is 2.79. The molecule has 2 aromatic carbocycles. The summed E-state index contributed by atoms with van der Waals surface area (Å²) in [6.45, 7) is 0.0347. The van der Waals surface area contributed by atoms with E-state index in [1.165, 1.54) is 29.2 Å². The Labute approximate surface area is 232 Å². The van der Waals surface area contributed by atoms with Crippen LogP contribution in [0.4, 0.5) is 15.9 Å². The van der Waals surface area contributed by atoms with Crippen molar-refractivity contribution in [2.75, 3.05) is 10.6 Å². The van der Waals surface area contributed by atoms with Gasteiger partial charge in [0.15, 0.2) is 0 Å². The van der Waals surface area contributed by atoms with Gasteiger partial charge in [0.05, 0.1) is 28.0 Å². The fraction of sp³-hybridized carbons (Fsp3) is 0.107. The first-order valence-corrected chi connectivity index (χ1v) is 12.6. The summed E-state index contributed by atoms with van der Waals surface area (Å²) in [5, 5.41) is 5.90. The lowest BCUT2D eigenvalue weighted by Crippen LogP contribution is -2.46. The average molecular weight is 564 g/mol. The number of amides is 3. The van der Waals surface area contributed by atoms with Crippen molar-refractivity contribution in [2.45, 2.75) is 19.0 Å². The molecule has 0 aliphatic carbocycles. The third kappa shape index (κ3) is 5.89. The highest BCUT2D eigenvalue weighted by atomic mass is 35.5. The molecule has 0 saturated heterocycles. The van der Waals surface area contributed by atoms with Gasteiger partial charge < -0.3 is 15.5 Å². The van der Waals surface area contributed by atoms with Gasteiger partial charge in [0.1, 0.15) is 17.7 Å². The Balaban J connectivity index is 1.44. The van der Waals surface area contributed by atoms with Gasteiger partial charge in [0.2, 0.25) is 5.91 Å². The quantitative estimate of drug-likeness (QED) is 0.327. The Bertz CT molecular complexity index is 1570. The highest BCUT2D eigenvalue weighted by Gasteiger charge is 2.36. The molecule has 3 heterocycles. The third-order valence-corrected chi connectivity index (χ3v) is 6.69. The summed E-state index contributed by atoms with van der Waals surface area (Å²) in [5.41, 5.74) is 2.02. The lowest BCUT2D eigenvalue weighted by atomic mass is 10.0. The van der Waals surface area contributed by atoms with Crippen molar-refractivity contribution in [3.8, 4) is 0 Å².